The predicted octanol–water partition coefficient (Wildman–Crippen LogP) is 6.86. The summed E-state index contributed by atoms with van der Waals surface area (Å²) in [6.07, 6.45) is 5.77. The fourth-order valence-corrected chi connectivity index (χ4v) is 4.40. The number of carbonyl (C=O) groups excluding carboxylic acids is 1. The van der Waals surface area contributed by atoms with Crippen LogP contribution in [0.5, 0.6) is 0 Å². The maximum atomic E-state index is 12.7. The lowest BCUT2D eigenvalue weighted by atomic mass is 9.87. The van der Waals surface area contributed by atoms with Crippen LogP contribution in [-0.4, -0.2) is 18.0 Å². The van der Waals surface area contributed by atoms with E-state index in [0.29, 0.717) is 16.3 Å². The largest absolute Gasteiger partial charge is 0.362 e. The van der Waals surface area contributed by atoms with Gasteiger partial charge in [-0.15, -0.1) is 0 Å². The van der Waals surface area contributed by atoms with Crippen LogP contribution in [0.15, 0.2) is 48.0 Å². The van der Waals surface area contributed by atoms with Gasteiger partial charge >= 0.3 is 0 Å². The molecule has 0 unspecified atom stereocenters. The van der Waals surface area contributed by atoms with Gasteiger partial charge < -0.3 is 10.2 Å². The number of allylic oxidation sites excluding steroid dienone is 1. The molecule has 0 fully saturated rings. The van der Waals surface area contributed by atoms with Gasteiger partial charge in [-0.2, -0.15) is 5.26 Å². The van der Waals surface area contributed by atoms with Crippen molar-refractivity contribution in [1.29, 1.82) is 5.26 Å². The lowest BCUT2D eigenvalue weighted by Gasteiger charge is -2.43. The highest BCUT2D eigenvalue weighted by Crippen LogP contribution is 2.41. The van der Waals surface area contributed by atoms with E-state index in [1.165, 1.54) is 5.56 Å². The topological polar surface area (TPSA) is 56.1 Å². The molecule has 1 N–H and O–H groups in total. The number of halogens is 1. The van der Waals surface area contributed by atoms with Crippen molar-refractivity contribution in [2.75, 3.05) is 16.8 Å². The van der Waals surface area contributed by atoms with E-state index >= 15 is 0 Å². The molecule has 0 aromatic heterocycles. The van der Waals surface area contributed by atoms with E-state index in [-0.39, 0.29) is 11.1 Å². The number of anilines is 2. The third-order valence-corrected chi connectivity index (χ3v) is 6.16. The predicted molar refractivity (Wildman–Crippen MR) is 135 cm³/mol. The number of nitrogens with one attached hydrogen (secondary N) is 1. The van der Waals surface area contributed by atoms with Crippen molar-refractivity contribution >= 4 is 40.5 Å². The zero-order valence-electron chi connectivity index (χ0n) is 19.4. The molecule has 2 aromatic rings. The van der Waals surface area contributed by atoms with Gasteiger partial charge in [0.1, 0.15) is 11.6 Å². The van der Waals surface area contributed by atoms with E-state index in [1.807, 2.05) is 42.5 Å². The Morgan fingerprint density at radius 3 is 2.50 bits per heavy atom. The fourth-order valence-electron chi connectivity index (χ4n) is 4.18. The Hall–Kier alpha value is -3.03. The Balaban J connectivity index is 1.95. The average molecular weight is 448 g/mol. The smallest absolute Gasteiger partial charge is 0.266 e. The molecule has 1 aliphatic rings. The maximum absolute atomic E-state index is 12.7. The number of rotatable bonds is 6. The van der Waals surface area contributed by atoms with E-state index in [0.717, 1.165) is 36.2 Å². The number of amides is 1. The van der Waals surface area contributed by atoms with E-state index in [9.17, 15) is 10.1 Å². The molecule has 0 radical (unpaired) electrons. The number of nitrogens with zero attached hydrogens (tertiary/aromatic N) is 2. The van der Waals surface area contributed by atoms with Crippen molar-refractivity contribution < 1.29 is 4.79 Å². The van der Waals surface area contributed by atoms with Crippen LogP contribution >= 0.6 is 11.6 Å². The molecule has 4 nitrogen and oxygen atoms in total. The summed E-state index contributed by atoms with van der Waals surface area (Å²) in [6, 6.07) is 13.6. The van der Waals surface area contributed by atoms with Crippen molar-refractivity contribution in [3.8, 4) is 6.07 Å². The third kappa shape index (κ3) is 4.89. The zero-order chi connectivity index (χ0) is 23.5. The second-order valence-electron chi connectivity index (χ2n) is 8.70. The molecule has 0 spiro atoms. The molecule has 0 saturated heterocycles. The van der Waals surface area contributed by atoms with Crippen molar-refractivity contribution in [3.63, 3.8) is 0 Å². The molecule has 3 rings (SSSR count). The Labute approximate surface area is 196 Å². The van der Waals surface area contributed by atoms with Crippen LogP contribution in [0.25, 0.3) is 11.6 Å². The molecule has 5 heteroatoms. The minimum atomic E-state index is -0.452. The van der Waals surface area contributed by atoms with Crippen LogP contribution < -0.4 is 10.2 Å². The molecular formula is C27H30ClN3O. The normalized spacial score (nSPS) is 15.0. The third-order valence-electron chi connectivity index (χ3n) is 5.83. The van der Waals surface area contributed by atoms with Gasteiger partial charge in [-0.1, -0.05) is 43.7 Å². The lowest BCUT2D eigenvalue weighted by molar-refractivity contribution is -0.112. The van der Waals surface area contributed by atoms with Crippen LogP contribution in [0.1, 0.15) is 57.7 Å². The molecule has 0 atom stereocenters. The first kappa shape index (κ1) is 23.6. The fraction of sp³-hybridized carbons (Fsp3) is 0.333. The standard InChI is InChI=1S/C27H30ClN3O/c1-6-12-31-25-15-24(28)20(14-23(25)18(3)16-27(31,4)5)13-21(17-29)26(32)30-22-10-8-19(7-2)9-11-22/h8-11,13-16H,6-7,12H2,1-5H3,(H,30,32)/b21-13+. The van der Waals surface area contributed by atoms with Gasteiger partial charge in [0.25, 0.3) is 5.91 Å². The SMILES string of the molecule is CCCN1c2cc(Cl)c(/C=C(\C#N)C(=O)Nc3ccc(CC)cc3)cc2C(C)=CC1(C)C. The van der Waals surface area contributed by atoms with Crippen LogP contribution in [0.2, 0.25) is 5.02 Å². The van der Waals surface area contributed by atoms with E-state index in [1.54, 1.807) is 6.08 Å². The van der Waals surface area contributed by atoms with E-state index in [4.69, 9.17) is 11.6 Å². The van der Waals surface area contributed by atoms with Gasteiger partial charge in [0.15, 0.2) is 0 Å². The first-order chi connectivity index (χ1) is 15.2. The summed E-state index contributed by atoms with van der Waals surface area (Å²) in [4.78, 5) is 15.1. The summed E-state index contributed by atoms with van der Waals surface area (Å²) in [6.45, 7) is 11.6. The summed E-state index contributed by atoms with van der Waals surface area (Å²) in [7, 11) is 0. The molecule has 166 valence electrons. The van der Waals surface area contributed by atoms with Crippen molar-refractivity contribution in [2.45, 2.75) is 53.0 Å². The van der Waals surface area contributed by atoms with Crippen molar-refractivity contribution in [1.82, 2.24) is 0 Å². The summed E-state index contributed by atoms with van der Waals surface area (Å²) in [5.74, 6) is -0.452. The number of hydrogen-bond donors (Lipinski definition) is 1. The molecule has 0 saturated carbocycles. The first-order valence-electron chi connectivity index (χ1n) is 11.0. The Bertz CT molecular complexity index is 1120. The Kier molecular flexibility index (Phi) is 7.11. The lowest BCUT2D eigenvalue weighted by Crippen LogP contribution is -2.45. The van der Waals surface area contributed by atoms with E-state index in [2.05, 4.69) is 50.9 Å². The Morgan fingerprint density at radius 2 is 1.91 bits per heavy atom. The minimum Gasteiger partial charge on any atom is -0.362 e. The number of aryl methyl sites for hydroxylation is 1. The number of carbonyl (C=O) groups is 1. The first-order valence-corrected chi connectivity index (χ1v) is 11.4. The molecule has 0 bridgehead atoms. The molecule has 1 amide bonds. The summed E-state index contributed by atoms with van der Waals surface area (Å²) in [5.41, 5.74) is 5.70. The molecule has 2 aromatic carbocycles. The monoisotopic (exact) mass is 447 g/mol. The van der Waals surface area contributed by atoms with Gasteiger partial charge in [0, 0.05) is 28.5 Å². The van der Waals surface area contributed by atoms with Gasteiger partial charge in [-0.3, -0.25) is 4.79 Å². The highest BCUT2D eigenvalue weighted by Gasteiger charge is 2.31. The van der Waals surface area contributed by atoms with Crippen LogP contribution in [-0.2, 0) is 11.2 Å². The van der Waals surface area contributed by atoms with Crippen molar-refractivity contribution in [2.24, 2.45) is 0 Å². The highest BCUT2D eigenvalue weighted by molar-refractivity contribution is 6.32. The summed E-state index contributed by atoms with van der Waals surface area (Å²) < 4.78 is 0. The van der Waals surface area contributed by atoms with Gasteiger partial charge in [0.05, 0.1) is 5.54 Å². The van der Waals surface area contributed by atoms with Crippen molar-refractivity contribution in [3.05, 3.63) is 69.8 Å². The van der Waals surface area contributed by atoms with Crippen LogP contribution in [0, 0.1) is 11.3 Å². The molecule has 0 aliphatic carbocycles. The summed E-state index contributed by atoms with van der Waals surface area (Å²) in [5, 5.41) is 13.0. The van der Waals surface area contributed by atoms with Gasteiger partial charge in [0.2, 0.25) is 0 Å². The van der Waals surface area contributed by atoms with Gasteiger partial charge in [-0.05, 0) is 80.7 Å². The highest BCUT2D eigenvalue weighted by atomic mass is 35.5. The molecular weight excluding hydrogens is 418 g/mol. The second kappa shape index (κ2) is 9.63. The maximum Gasteiger partial charge on any atom is 0.266 e. The number of benzene rings is 2. The second-order valence-corrected chi connectivity index (χ2v) is 9.11. The number of hydrogen-bond acceptors (Lipinski definition) is 3. The molecule has 1 heterocycles. The number of nitriles is 1. The summed E-state index contributed by atoms with van der Waals surface area (Å²) >= 11 is 6.63. The minimum absolute atomic E-state index is 0.00889. The molecule has 1 aliphatic heterocycles. The molecule has 32 heavy (non-hydrogen) atoms. The average Bonchev–Trinajstić information content (AvgIpc) is 2.75. The van der Waals surface area contributed by atoms with Crippen LogP contribution in [0.4, 0.5) is 11.4 Å². The quantitative estimate of drug-likeness (QED) is 0.388. The Morgan fingerprint density at radius 1 is 1.22 bits per heavy atom. The van der Waals surface area contributed by atoms with Gasteiger partial charge in [-0.25, -0.2) is 0 Å². The van der Waals surface area contributed by atoms with Crippen LogP contribution in [0.3, 0.4) is 0 Å². The zero-order valence-corrected chi connectivity index (χ0v) is 20.2. The van der Waals surface area contributed by atoms with E-state index < -0.39 is 5.91 Å². The number of fused-ring (bicyclic) bond motifs is 1.